The summed E-state index contributed by atoms with van der Waals surface area (Å²) in [6, 6.07) is 0. The topological polar surface area (TPSA) is 0 Å². The van der Waals surface area contributed by atoms with Crippen LogP contribution in [0.15, 0.2) is 121 Å². The van der Waals surface area contributed by atoms with Gasteiger partial charge in [0.15, 0.2) is 0 Å². The second-order valence-corrected chi connectivity index (χ2v) is 21.8. The van der Waals surface area contributed by atoms with Crippen LogP contribution in [-0.4, -0.2) is 0 Å². The molecule has 72 heavy (non-hydrogen) atoms. The van der Waals surface area contributed by atoms with Gasteiger partial charge in [0.2, 0.25) is 0 Å². The summed E-state index contributed by atoms with van der Waals surface area (Å²) in [5.74, 6) is 0.435. The van der Waals surface area contributed by atoms with Gasteiger partial charge in [0, 0.05) is 10.8 Å². The molecule has 4 atom stereocenters. The predicted octanol–water partition coefficient (Wildman–Crippen LogP) is 25.5. The molecule has 0 fully saturated rings. The molecule has 0 aromatic rings. The van der Waals surface area contributed by atoms with Crippen molar-refractivity contribution in [2.24, 2.45) is 22.2 Å². The highest BCUT2D eigenvalue weighted by Crippen LogP contribution is 2.68. The van der Waals surface area contributed by atoms with Crippen LogP contribution in [0, 0.1) is 22.2 Å². The summed E-state index contributed by atoms with van der Waals surface area (Å²) in [6.07, 6.45) is 96.5. The van der Waals surface area contributed by atoms with E-state index in [0.29, 0.717) is 5.92 Å². The Morgan fingerprint density at radius 3 is 1.43 bits per heavy atom. The van der Waals surface area contributed by atoms with E-state index in [-0.39, 0.29) is 16.2 Å². The molecule has 0 radical (unpaired) electrons. The van der Waals surface area contributed by atoms with Crippen molar-refractivity contribution in [2.45, 2.75) is 313 Å². The second-order valence-electron chi connectivity index (χ2n) is 21.8. The zero-order valence-electron chi connectivity index (χ0n) is 50.4. The van der Waals surface area contributed by atoms with E-state index in [4.69, 9.17) is 0 Å². The Morgan fingerprint density at radius 1 is 0.333 bits per heavy atom. The minimum Gasteiger partial charge on any atom is -0.0888 e. The molecule has 0 N–H and O–H groups in total. The third-order valence-corrected chi connectivity index (χ3v) is 15.7. The Bertz CT molecular complexity index is 1480. The molecule has 0 saturated heterocycles. The second kappa shape index (κ2) is 50.6. The zero-order chi connectivity index (χ0) is 53.0. The van der Waals surface area contributed by atoms with Crippen molar-refractivity contribution < 1.29 is 0 Å². The lowest BCUT2D eigenvalue weighted by Crippen LogP contribution is -2.56. The molecule has 0 heteroatoms. The van der Waals surface area contributed by atoms with Crippen molar-refractivity contribution in [1.29, 1.82) is 0 Å². The highest BCUT2D eigenvalue weighted by Gasteiger charge is 2.61. The molecule has 0 bridgehead atoms. The lowest BCUT2D eigenvalue weighted by Gasteiger charge is -2.62. The lowest BCUT2D eigenvalue weighted by atomic mass is 9.40. The van der Waals surface area contributed by atoms with Crippen molar-refractivity contribution in [1.82, 2.24) is 0 Å². The van der Waals surface area contributed by atoms with Gasteiger partial charge in [0.25, 0.3) is 0 Å². The minimum absolute atomic E-state index is 0.0614. The van der Waals surface area contributed by atoms with Crippen LogP contribution in [0.3, 0.4) is 0 Å². The summed E-state index contributed by atoms with van der Waals surface area (Å²) in [6.45, 7) is 23.7. The zero-order valence-corrected chi connectivity index (χ0v) is 50.4. The predicted molar refractivity (Wildman–Crippen MR) is 333 cm³/mol. The molecule has 0 aromatic carbocycles. The van der Waals surface area contributed by atoms with Gasteiger partial charge in [-0.2, -0.15) is 0 Å². The molecule has 0 amide bonds. The summed E-state index contributed by atoms with van der Waals surface area (Å²) in [4.78, 5) is 0. The van der Waals surface area contributed by atoms with Gasteiger partial charge in [-0.05, 0) is 153 Å². The standard InChI is InChI=1S/C72H126/c1-11-21-30-39-42-44-51-61-69(60-50-43-40-31-22-12-2)71(64-54-45-33-24-14-4,65-55-48-41-32-23-13-3)72(66-56-46-34-25-15-5,67-57-47-35-26-16-6)70(62-52-37-28-18-8,63-53-38-29-19-9)68(58-20-10)59-49-36-27-17-7/h28,33,37-39,42-43,45-46,49-50,53,55-57,59,61,65,67-68H,11-27,29-32,34-36,40-41,44,47-48,51-52,54,58,60,62-64,66H2,1-10H3. The number of allylic oxidation sites excluding steroid dienone is 20. The Balaban J connectivity index is 9.95. The first kappa shape index (κ1) is 69.4. The summed E-state index contributed by atoms with van der Waals surface area (Å²) in [5, 5.41) is 0. The van der Waals surface area contributed by atoms with E-state index in [2.05, 4.69) is 185 Å². The van der Waals surface area contributed by atoms with Crippen LogP contribution in [0.1, 0.15) is 313 Å². The molecule has 0 rings (SSSR count). The van der Waals surface area contributed by atoms with E-state index in [9.17, 15) is 0 Å². The van der Waals surface area contributed by atoms with Crippen LogP contribution >= 0.6 is 0 Å². The van der Waals surface area contributed by atoms with Crippen LogP contribution in [0.25, 0.3) is 0 Å². The summed E-state index contributed by atoms with van der Waals surface area (Å²) < 4.78 is 0. The Kier molecular flexibility index (Phi) is 48.7. The number of hydrogen-bond donors (Lipinski definition) is 0. The van der Waals surface area contributed by atoms with Gasteiger partial charge in [0.05, 0.1) is 0 Å². The van der Waals surface area contributed by atoms with Crippen LogP contribution in [0.2, 0.25) is 0 Å². The number of unbranched alkanes of at least 4 members (excludes halogenated alkanes) is 19. The third kappa shape index (κ3) is 29.5. The molecule has 0 aliphatic carbocycles. The van der Waals surface area contributed by atoms with Gasteiger partial charge in [-0.1, -0.05) is 293 Å². The molecule has 414 valence electrons. The minimum atomic E-state index is -0.222. The molecule has 0 heterocycles. The van der Waals surface area contributed by atoms with Gasteiger partial charge in [0.1, 0.15) is 0 Å². The average Bonchev–Trinajstić information content (AvgIpc) is 3.39. The van der Waals surface area contributed by atoms with E-state index in [1.165, 1.54) is 161 Å². The molecule has 0 aromatic heterocycles. The fourth-order valence-electron chi connectivity index (χ4n) is 11.4. The first-order chi connectivity index (χ1) is 35.4. The number of hydrogen-bond acceptors (Lipinski definition) is 0. The van der Waals surface area contributed by atoms with Crippen molar-refractivity contribution >= 4 is 0 Å². The van der Waals surface area contributed by atoms with Crippen LogP contribution in [0.5, 0.6) is 0 Å². The van der Waals surface area contributed by atoms with Crippen molar-refractivity contribution in [2.75, 3.05) is 0 Å². The molecule has 0 aliphatic rings. The Labute approximate surface area is 454 Å². The van der Waals surface area contributed by atoms with E-state index in [1.807, 2.05) is 0 Å². The van der Waals surface area contributed by atoms with Gasteiger partial charge in [-0.15, -0.1) is 0 Å². The smallest absolute Gasteiger partial charge is 0.0196 e. The molecule has 0 spiro atoms. The fraction of sp³-hybridized carbons (Fsp3) is 0.722. The summed E-state index contributed by atoms with van der Waals surface area (Å²) in [5.41, 5.74) is 1.20. The van der Waals surface area contributed by atoms with E-state index < -0.39 is 0 Å². The largest absolute Gasteiger partial charge is 0.0888 e. The summed E-state index contributed by atoms with van der Waals surface area (Å²) >= 11 is 0. The number of rotatable bonds is 51. The van der Waals surface area contributed by atoms with Crippen molar-refractivity contribution in [3.8, 4) is 0 Å². The van der Waals surface area contributed by atoms with E-state index in [0.717, 1.165) is 83.5 Å². The van der Waals surface area contributed by atoms with E-state index >= 15 is 0 Å². The lowest BCUT2D eigenvalue weighted by molar-refractivity contribution is -0.0480. The maximum atomic E-state index is 2.98. The van der Waals surface area contributed by atoms with Crippen molar-refractivity contribution in [3.63, 3.8) is 0 Å². The van der Waals surface area contributed by atoms with Gasteiger partial charge in [-0.25, -0.2) is 0 Å². The van der Waals surface area contributed by atoms with Gasteiger partial charge < -0.3 is 0 Å². The third-order valence-electron chi connectivity index (χ3n) is 15.7. The first-order valence-corrected chi connectivity index (χ1v) is 32.0. The molecular formula is C72H126. The summed E-state index contributed by atoms with van der Waals surface area (Å²) in [7, 11) is 0. The monoisotopic (exact) mass is 991 g/mol. The van der Waals surface area contributed by atoms with Gasteiger partial charge in [-0.3, -0.25) is 0 Å². The fourth-order valence-corrected chi connectivity index (χ4v) is 11.4. The highest BCUT2D eigenvalue weighted by atomic mass is 14.6. The maximum Gasteiger partial charge on any atom is 0.0196 e. The highest BCUT2D eigenvalue weighted by molar-refractivity contribution is 5.38. The van der Waals surface area contributed by atoms with E-state index in [1.54, 1.807) is 5.57 Å². The van der Waals surface area contributed by atoms with Crippen molar-refractivity contribution in [3.05, 3.63) is 121 Å². The molecule has 0 aliphatic heterocycles. The molecular weight excluding hydrogens is 865 g/mol. The average molecular weight is 992 g/mol. The normalized spacial score (nSPS) is 16.2. The van der Waals surface area contributed by atoms with Gasteiger partial charge >= 0.3 is 0 Å². The maximum absolute atomic E-state index is 2.98. The quantitative estimate of drug-likeness (QED) is 0.0421. The Hall–Kier alpha value is -2.60. The van der Waals surface area contributed by atoms with Crippen LogP contribution in [0.4, 0.5) is 0 Å². The SMILES string of the molecule is CCC=CCCC(CC=CCCC)(C(C=CCCCC)CCC)C(C=CCCCCC)(CC=CCCCC)C(C=CCCCCCC)(CCC=CCCC)C(=CCCC=CCCCC)CC=CCCCCC. The molecule has 4 unspecified atom stereocenters. The molecule has 0 saturated carbocycles. The van der Waals surface area contributed by atoms with Crippen LogP contribution in [-0.2, 0) is 0 Å². The first-order valence-electron chi connectivity index (χ1n) is 32.0. The molecule has 0 nitrogen and oxygen atoms in total. The Morgan fingerprint density at radius 2 is 0.806 bits per heavy atom. The van der Waals surface area contributed by atoms with Crippen LogP contribution < -0.4 is 0 Å².